The first kappa shape index (κ1) is 10.0. The van der Waals surface area contributed by atoms with E-state index in [2.05, 4.69) is 5.32 Å². The highest BCUT2D eigenvalue weighted by Gasteiger charge is 1.98. The largest absolute Gasteiger partial charge is 0.332 e. The highest BCUT2D eigenvalue weighted by molar-refractivity contribution is 5.81. The highest BCUT2D eigenvalue weighted by atomic mass is 16.1. The van der Waals surface area contributed by atoms with Gasteiger partial charge in [-0.05, 0) is 5.56 Å². The Morgan fingerprint density at radius 1 is 1.43 bits per heavy atom. The van der Waals surface area contributed by atoms with E-state index in [9.17, 15) is 4.79 Å². The van der Waals surface area contributed by atoms with Crippen molar-refractivity contribution in [3.63, 3.8) is 0 Å². The van der Waals surface area contributed by atoms with Crippen LogP contribution in [0.25, 0.3) is 5.57 Å². The van der Waals surface area contributed by atoms with E-state index in [1.165, 1.54) is 13.1 Å². The third-order valence-electron chi connectivity index (χ3n) is 1.63. The van der Waals surface area contributed by atoms with Crippen molar-refractivity contribution in [2.45, 2.75) is 6.92 Å². The van der Waals surface area contributed by atoms with E-state index in [0.29, 0.717) is 5.57 Å². The molecule has 1 N–H and O–H groups in total. The lowest BCUT2D eigenvalue weighted by Gasteiger charge is -1.98. The molecule has 0 aliphatic heterocycles. The Balaban J connectivity index is 2.89. The molecule has 0 spiro atoms. The fraction of sp³-hybridized carbons (Fsp3) is 0.0909. The molecule has 0 atom stereocenters. The number of nitriles is 1. The molecule has 0 unspecified atom stereocenters. The van der Waals surface area contributed by atoms with Crippen LogP contribution in [-0.4, -0.2) is 5.91 Å². The maximum Gasteiger partial charge on any atom is 0.220 e. The minimum atomic E-state index is -0.186. The second-order valence-electron chi connectivity index (χ2n) is 2.74. The molecule has 0 aliphatic carbocycles. The van der Waals surface area contributed by atoms with Crippen LogP contribution in [-0.2, 0) is 4.79 Å². The number of nitrogens with one attached hydrogen (secondary N) is 1. The molecular formula is C11H10N2O. The molecule has 0 heterocycles. The zero-order valence-corrected chi connectivity index (χ0v) is 7.82. The Hall–Kier alpha value is -2.08. The van der Waals surface area contributed by atoms with Crippen molar-refractivity contribution in [1.82, 2.24) is 5.32 Å². The van der Waals surface area contributed by atoms with Gasteiger partial charge in [0.05, 0.1) is 5.57 Å². The van der Waals surface area contributed by atoms with Gasteiger partial charge in [0.15, 0.2) is 0 Å². The summed E-state index contributed by atoms with van der Waals surface area (Å²) in [6.07, 6.45) is 1.41. The predicted octanol–water partition coefficient (Wildman–Crippen LogP) is 1.69. The van der Waals surface area contributed by atoms with Crippen molar-refractivity contribution < 1.29 is 4.79 Å². The fourth-order valence-electron chi connectivity index (χ4n) is 0.972. The van der Waals surface area contributed by atoms with Crippen molar-refractivity contribution >= 4 is 11.5 Å². The second-order valence-corrected chi connectivity index (χ2v) is 2.74. The first-order chi connectivity index (χ1) is 6.74. The van der Waals surface area contributed by atoms with E-state index in [1.54, 1.807) is 0 Å². The summed E-state index contributed by atoms with van der Waals surface area (Å²) in [6, 6.07) is 11.2. The molecule has 1 aromatic carbocycles. The number of carbonyl (C=O) groups excluding carboxylic acids is 1. The summed E-state index contributed by atoms with van der Waals surface area (Å²) >= 11 is 0. The molecule has 0 saturated heterocycles. The lowest BCUT2D eigenvalue weighted by atomic mass is 10.1. The topological polar surface area (TPSA) is 52.9 Å². The monoisotopic (exact) mass is 186 g/mol. The van der Waals surface area contributed by atoms with Crippen molar-refractivity contribution in [3.8, 4) is 6.07 Å². The zero-order chi connectivity index (χ0) is 10.4. The maximum atomic E-state index is 10.6. The number of rotatable bonds is 2. The Labute approximate surface area is 82.7 Å². The summed E-state index contributed by atoms with van der Waals surface area (Å²) in [4.78, 5) is 10.6. The van der Waals surface area contributed by atoms with Crippen LogP contribution in [0.4, 0.5) is 0 Å². The van der Waals surface area contributed by atoms with E-state index in [4.69, 9.17) is 5.26 Å². The normalized spacial score (nSPS) is 10.4. The Morgan fingerprint density at radius 3 is 2.57 bits per heavy atom. The van der Waals surface area contributed by atoms with E-state index >= 15 is 0 Å². The van der Waals surface area contributed by atoms with E-state index in [-0.39, 0.29) is 5.91 Å². The number of benzene rings is 1. The van der Waals surface area contributed by atoms with Gasteiger partial charge in [0, 0.05) is 13.1 Å². The van der Waals surface area contributed by atoms with Gasteiger partial charge in [0.2, 0.25) is 5.91 Å². The van der Waals surface area contributed by atoms with E-state index in [0.717, 1.165) is 5.56 Å². The third kappa shape index (κ3) is 2.76. The highest BCUT2D eigenvalue weighted by Crippen LogP contribution is 2.11. The molecule has 0 aliphatic rings. The zero-order valence-electron chi connectivity index (χ0n) is 7.82. The van der Waals surface area contributed by atoms with E-state index in [1.807, 2.05) is 36.4 Å². The number of carbonyl (C=O) groups is 1. The van der Waals surface area contributed by atoms with Gasteiger partial charge in [-0.25, -0.2) is 0 Å². The summed E-state index contributed by atoms with van der Waals surface area (Å²) in [5.41, 5.74) is 1.24. The molecule has 0 bridgehead atoms. The summed E-state index contributed by atoms with van der Waals surface area (Å²) in [6.45, 7) is 1.40. The molecule has 0 fully saturated rings. The summed E-state index contributed by atoms with van der Waals surface area (Å²) in [5.74, 6) is -0.186. The molecule has 0 saturated carbocycles. The molecule has 14 heavy (non-hydrogen) atoms. The minimum absolute atomic E-state index is 0.186. The average Bonchev–Trinajstić information content (AvgIpc) is 2.20. The SMILES string of the molecule is CC(=O)N/C=C(/C#N)c1ccccc1. The number of hydrogen-bond donors (Lipinski definition) is 1. The molecule has 1 rings (SSSR count). The van der Waals surface area contributed by atoms with Gasteiger partial charge < -0.3 is 5.32 Å². The predicted molar refractivity (Wildman–Crippen MR) is 53.8 cm³/mol. The Morgan fingerprint density at radius 2 is 2.07 bits per heavy atom. The van der Waals surface area contributed by atoms with Crippen LogP contribution in [0.5, 0.6) is 0 Å². The molecule has 70 valence electrons. The van der Waals surface area contributed by atoms with Gasteiger partial charge in [-0.15, -0.1) is 0 Å². The van der Waals surface area contributed by atoms with Crippen molar-refractivity contribution in [2.75, 3.05) is 0 Å². The van der Waals surface area contributed by atoms with Crippen LogP contribution < -0.4 is 5.32 Å². The van der Waals surface area contributed by atoms with Crippen LogP contribution in [0, 0.1) is 11.3 Å². The van der Waals surface area contributed by atoms with Gasteiger partial charge in [-0.2, -0.15) is 5.26 Å². The molecule has 3 nitrogen and oxygen atoms in total. The van der Waals surface area contributed by atoms with Crippen LogP contribution in [0.2, 0.25) is 0 Å². The number of amides is 1. The number of allylic oxidation sites excluding steroid dienone is 1. The van der Waals surface area contributed by atoms with Gasteiger partial charge >= 0.3 is 0 Å². The van der Waals surface area contributed by atoms with Crippen molar-refractivity contribution in [1.29, 1.82) is 5.26 Å². The number of nitrogens with zero attached hydrogens (tertiary/aromatic N) is 1. The van der Waals surface area contributed by atoms with Gasteiger partial charge in [-0.3, -0.25) is 4.79 Å². The smallest absolute Gasteiger partial charge is 0.220 e. The summed E-state index contributed by atoms with van der Waals surface area (Å²) in [5, 5.41) is 11.3. The quantitative estimate of drug-likeness (QED) is 0.714. The fourth-order valence-corrected chi connectivity index (χ4v) is 0.972. The van der Waals surface area contributed by atoms with Crippen LogP contribution in [0.3, 0.4) is 0 Å². The lowest BCUT2D eigenvalue weighted by Crippen LogP contribution is -2.12. The Bertz CT molecular complexity index is 387. The third-order valence-corrected chi connectivity index (χ3v) is 1.63. The molecule has 0 radical (unpaired) electrons. The van der Waals surface area contributed by atoms with Gasteiger partial charge in [-0.1, -0.05) is 30.3 Å². The average molecular weight is 186 g/mol. The van der Waals surface area contributed by atoms with Crippen molar-refractivity contribution in [2.24, 2.45) is 0 Å². The molecule has 0 aromatic heterocycles. The summed E-state index contributed by atoms with van der Waals surface area (Å²) in [7, 11) is 0. The summed E-state index contributed by atoms with van der Waals surface area (Å²) < 4.78 is 0. The lowest BCUT2D eigenvalue weighted by molar-refractivity contribution is -0.118. The molecular weight excluding hydrogens is 176 g/mol. The van der Waals surface area contributed by atoms with Crippen LogP contribution in [0.15, 0.2) is 36.5 Å². The van der Waals surface area contributed by atoms with E-state index < -0.39 is 0 Å². The molecule has 1 aromatic rings. The standard InChI is InChI=1S/C11H10N2O/c1-9(14)13-8-11(7-12)10-5-3-2-4-6-10/h2-6,8H,1H3,(H,13,14)/b11-8-. The van der Waals surface area contributed by atoms with Gasteiger partial charge in [0.25, 0.3) is 0 Å². The van der Waals surface area contributed by atoms with Gasteiger partial charge in [0.1, 0.15) is 6.07 Å². The maximum absolute atomic E-state index is 10.6. The Kier molecular flexibility index (Phi) is 3.45. The molecule has 3 heteroatoms. The molecule has 1 amide bonds. The first-order valence-electron chi connectivity index (χ1n) is 4.17. The second kappa shape index (κ2) is 4.83. The number of hydrogen-bond acceptors (Lipinski definition) is 2. The van der Waals surface area contributed by atoms with Crippen LogP contribution in [0.1, 0.15) is 12.5 Å². The van der Waals surface area contributed by atoms with Crippen LogP contribution >= 0.6 is 0 Å². The minimum Gasteiger partial charge on any atom is -0.332 e. The van der Waals surface area contributed by atoms with Crippen molar-refractivity contribution in [3.05, 3.63) is 42.1 Å². The first-order valence-corrected chi connectivity index (χ1v) is 4.17.